The summed E-state index contributed by atoms with van der Waals surface area (Å²) >= 11 is 0. The first kappa shape index (κ1) is 32.9. The van der Waals surface area contributed by atoms with E-state index in [9.17, 15) is 0 Å². The summed E-state index contributed by atoms with van der Waals surface area (Å²) in [5.74, 6) is 0. The molecule has 0 N–H and O–H groups in total. The molecular formula is C24H56BrN4P. The summed E-state index contributed by atoms with van der Waals surface area (Å²) in [6.45, 7) is 28.7. The molecule has 4 nitrogen and oxygen atoms in total. The van der Waals surface area contributed by atoms with E-state index in [1.165, 1.54) is 104 Å². The normalized spacial score (nSPS) is 12.4. The van der Waals surface area contributed by atoms with Gasteiger partial charge in [0.2, 0.25) is 0 Å². The summed E-state index contributed by atoms with van der Waals surface area (Å²) in [4.78, 5) is 0. The van der Waals surface area contributed by atoms with Crippen molar-refractivity contribution in [3.8, 4) is 0 Å². The van der Waals surface area contributed by atoms with Crippen LogP contribution in [0.1, 0.15) is 107 Å². The Morgan fingerprint density at radius 2 is 0.467 bits per heavy atom. The molecule has 0 aliphatic heterocycles. The van der Waals surface area contributed by atoms with E-state index in [4.69, 9.17) is 0 Å². The van der Waals surface area contributed by atoms with E-state index < -0.39 is 7.87 Å². The lowest BCUT2D eigenvalue weighted by molar-refractivity contribution is -0.00000700. The monoisotopic (exact) mass is 510 g/mol. The van der Waals surface area contributed by atoms with Crippen LogP contribution in [-0.4, -0.2) is 71.0 Å². The van der Waals surface area contributed by atoms with Gasteiger partial charge in [0.1, 0.15) is 0 Å². The zero-order chi connectivity index (χ0) is 22.1. The molecule has 184 valence electrons. The Morgan fingerprint density at radius 1 is 0.333 bits per heavy atom. The summed E-state index contributed by atoms with van der Waals surface area (Å²) in [5.41, 5.74) is 0. The first-order chi connectivity index (χ1) is 14.1. The zero-order valence-corrected chi connectivity index (χ0v) is 24.4. The van der Waals surface area contributed by atoms with E-state index in [2.05, 4.69) is 74.1 Å². The van der Waals surface area contributed by atoms with Gasteiger partial charge in [-0.05, 0) is 51.4 Å². The summed E-state index contributed by atoms with van der Waals surface area (Å²) in [7, 11) is -1.74. The topological polar surface area (TPSA) is 13.0 Å². The SMILES string of the molecule is CCCN(CCC)[P+](N(CCC)CCC)(N(CCC)CCC)N(CCC)CCC.[Br-]. The molecule has 0 radical (unpaired) electrons. The molecule has 0 aliphatic rings. The maximum Gasteiger partial charge on any atom is 0.308 e. The smallest absolute Gasteiger partial charge is 0.308 e. The molecule has 0 aromatic heterocycles. The van der Waals surface area contributed by atoms with Crippen molar-refractivity contribution in [1.82, 2.24) is 18.7 Å². The van der Waals surface area contributed by atoms with Crippen LogP contribution in [0.3, 0.4) is 0 Å². The van der Waals surface area contributed by atoms with Crippen LogP contribution in [0, 0.1) is 0 Å². The van der Waals surface area contributed by atoms with Gasteiger partial charge in [-0.25, -0.2) is 0 Å². The van der Waals surface area contributed by atoms with Crippen LogP contribution in [0.4, 0.5) is 0 Å². The van der Waals surface area contributed by atoms with E-state index in [1.54, 1.807) is 0 Å². The Hall–Kier alpha value is 0.750. The summed E-state index contributed by atoms with van der Waals surface area (Å²) in [6, 6.07) is 0. The third-order valence-electron chi connectivity index (χ3n) is 5.37. The molecule has 0 spiro atoms. The summed E-state index contributed by atoms with van der Waals surface area (Å²) in [6.07, 6.45) is 9.94. The van der Waals surface area contributed by atoms with Crippen molar-refractivity contribution in [1.29, 1.82) is 0 Å². The van der Waals surface area contributed by atoms with Crippen LogP contribution < -0.4 is 17.0 Å². The lowest BCUT2D eigenvalue weighted by Gasteiger charge is -2.51. The van der Waals surface area contributed by atoms with Gasteiger partial charge in [0.25, 0.3) is 0 Å². The van der Waals surface area contributed by atoms with Crippen LogP contribution in [0.5, 0.6) is 0 Å². The number of nitrogens with zero attached hydrogens (tertiary/aromatic N) is 4. The highest BCUT2D eigenvalue weighted by Gasteiger charge is 2.59. The first-order valence-corrected chi connectivity index (χ1v) is 14.6. The summed E-state index contributed by atoms with van der Waals surface area (Å²) < 4.78 is 11.9. The highest BCUT2D eigenvalue weighted by Crippen LogP contribution is 2.70. The van der Waals surface area contributed by atoms with Crippen LogP contribution in [0.15, 0.2) is 0 Å². The highest BCUT2D eigenvalue weighted by atomic mass is 79.9. The molecule has 0 saturated carbocycles. The van der Waals surface area contributed by atoms with Crippen LogP contribution in [-0.2, 0) is 0 Å². The van der Waals surface area contributed by atoms with E-state index in [1.807, 2.05) is 0 Å². The Morgan fingerprint density at radius 3 is 0.567 bits per heavy atom. The van der Waals surface area contributed by atoms with Gasteiger partial charge in [0, 0.05) is 52.4 Å². The molecule has 0 rings (SSSR count). The second-order valence-corrected chi connectivity index (χ2v) is 11.7. The third kappa shape index (κ3) is 9.32. The van der Waals surface area contributed by atoms with Crippen molar-refractivity contribution < 1.29 is 17.0 Å². The minimum absolute atomic E-state index is 0. The number of halogens is 1. The number of rotatable bonds is 20. The predicted octanol–water partition coefficient (Wildman–Crippen LogP) is 4.16. The fraction of sp³-hybridized carbons (Fsp3) is 1.00. The van der Waals surface area contributed by atoms with E-state index in [-0.39, 0.29) is 17.0 Å². The fourth-order valence-electron chi connectivity index (χ4n) is 4.66. The van der Waals surface area contributed by atoms with Gasteiger partial charge in [-0.3, -0.25) is 0 Å². The molecule has 30 heavy (non-hydrogen) atoms. The molecule has 0 heterocycles. The quantitative estimate of drug-likeness (QED) is 0.228. The molecule has 0 bridgehead atoms. The van der Waals surface area contributed by atoms with Crippen molar-refractivity contribution in [3.05, 3.63) is 0 Å². The van der Waals surface area contributed by atoms with Gasteiger partial charge in [-0.15, -0.1) is 18.7 Å². The van der Waals surface area contributed by atoms with Gasteiger partial charge < -0.3 is 17.0 Å². The predicted molar refractivity (Wildman–Crippen MR) is 136 cm³/mol. The Balaban J connectivity index is 0. The summed E-state index contributed by atoms with van der Waals surface area (Å²) in [5, 5.41) is 0. The van der Waals surface area contributed by atoms with Gasteiger partial charge in [-0.1, -0.05) is 55.4 Å². The van der Waals surface area contributed by atoms with E-state index in [0.29, 0.717) is 0 Å². The fourth-order valence-corrected chi connectivity index (χ4v) is 10.6. The second-order valence-electron chi connectivity index (χ2n) is 8.35. The molecule has 0 atom stereocenters. The van der Waals surface area contributed by atoms with Crippen molar-refractivity contribution >= 4 is 7.87 Å². The third-order valence-corrected chi connectivity index (χ3v) is 10.0. The maximum atomic E-state index is 2.97. The van der Waals surface area contributed by atoms with Gasteiger partial charge in [0.15, 0.2) is 0 Å². The molecule has 0 fully saturated rings. The highest BCUT2D eigenvalue weighted by molar-refractivity contribution is 7.66. The van der Waals surface area contributed by atoms with Crippen molar-refractivity contribution in [2.75, 3.05) is 52.4 Å². The van der Waals surface area contributed by atoms with Crippen molar-refractivity contribution in [2.45, 2.75) is 107 Å². The van der Waals surface area contributed by atoms with E-state index in [0.717, 1.165) is 0 Å². The standard InChI is InChI=1S/C24H56N4P.BrH/c1-9-17-25(18-10-2)29(26(19-11-3)20-12-4,27(21-13-5)22-14-6)28(23-15-7)24-16-8;/h9-24H2,1-8H3;1H/q+1;/p-1. The lowest BCUT2D eigenvalue weighted by Crippen LogP contribution is -3.00. The molecule has 0 aromatic carbocycles. The van der Waals surface area contributed by atoms with Crippen molar-refractivity contribution in [2.24, 2.45) is 0 Å². The molecule has 6 heteroatoms. The van der Waals surface area contributed by atoms with Gasteiger partial charge in [-0.2, -0.15) is 0 Å². The zero-order valence-electron chi connectivity index (χ0n) is 21.9. The molecule has 0 unspecified atom stereocenters. The second kappa shape index (κ2) is 20.4. The van der Waals surface area contributed by atoms with Crippen LogP contribution >= 0.6 is 7.87 Å². The largest absolute Gasteiger partial charge is 1.00 e. The minimum atomic E-state index is -1.74. The van der Waals surface area contributed by atoms with Crippen molar-refractivity contribution in [3.63, 3.8) is 0 Å². The first-order valence-electron chi connectivity index (χ1n) is 13.0. The Bertz CT molecular complexity index is 280. The van der Waals surface area contributed by atoms with E-state index >= 15 is 0 Å². The number of hydrogen-bond acceptors (Lipinski definition) is 4. The molecule has 0 aromatic rings. The minimum Gasteiger partial charge on any atom is -1.00 e. The average Bonchev–Trinajstić information content (AvgIpc) is 2.70. The Labute approximate surface area is 202 Å². The Kier molecular flexibility index (Phi) is 22.3. The van der Waals surface area contributed by atoms with Crippen LogP contribution in [0.2, 0.25) is 0 Å². The average molecular weight is 512 g/mol. The molecule has 0 aliphatic carbocycles. The maximum absolute atomic E-state index is 2.97. The molecular weight excluding hydrogens is 455 g/mol. The number of hydrogen-bond donors (Lipinski definition) is 0. The molecule has 0 amide bonds. The lowest BCUT2D eigenvalue weighted by atomic mass is 10.4. The van der Waals surface area contributed by atoms with Crippen LogP contribution in [0.25, 0.3) is 0 Å². The van der Waals surface area contributed by atoms with Gasteiger partial charge >= 0.3 is 7.87 Å². The molecule has 0 saturated heterocycles. The van der Waals surface area contributed by atoms with Gasteiger partial charge in [0.05, 0.1) is 0 Å².